The number of nitrogens with one attached hydrogen (secondary N) is 1. The van der Waals surface area contributed by atoms with Gasteiger partial charge in [-0.1, -0.05) is 16.1 Å². The van der Waals surface area contributed by atoms with Crippen molar-refractivity contribution in [2.24, 2.45) is 0 Å². The van der Waals surface area contributed by atoms with Crippen LogP contribution in [0.25, 0.3) is 0 Å². The normalized spacial score (nSPS) is 11.6. The third kappa shape index (κ3) is 2.81. The highest BCUT2D eigenvalue weighted by molar-refractivity contribution is 7.89. The Hall–Kier alpha value is -1.15. The van der Waals surface area contributed by atoms with Crippen LogP contribution in [-0.4, -0.2) is 40.0 Å². The zero-order valence-electron chi connectivity index (χ0n) is 10.1. The van der Waals surface area contributed by atoms with Crippen molar-refractivity contribution in [2.45, 2.75) is 4.90 Å². The van der Waals surface area contributed by atoms with E-state index in [9.17, 15) is 13.2 Å². The molecule has 6 nitrogen and oxygen atoms in total. The summed E-state index contributed by atoms with van der Waals surface area (Å²) in [6.45, 7) is 0. The molecule has 0 unspecified atom stereocenters. The van der Waals surface area contributed by atoms with Gasteiger partial charge in [0.25, 0.3) is 15.9 Å². The van der Waals surface area contributed by atoms with Crippen molar-refractivity contribution >= 4 is 27.5 Å². The number of carbonyl (C=O) groups is 1. The van der Waals surface area contributed by atoms with E-state index in [2.05, 4.69) is 10.2 Å². The number of amides is 1. The summed E-state index contributed by atoms with van der Waals surface area (Å²) < 4.78 is 24.7. The Bertz CT molecular complexity index is 559. The van der Waals surface area contributed by atoms with Gasteiger partial charge >= 0.3 is 0 Å². The minimum Gasteiger partial charge on any atom is -0.355 e. The van der Waals surface area contributed by atoms with Gasteiger partial charge in [-0.15, -0.1) is 0 Å². The van der Waals surface area contributed by atoms with Crippen molar-refractivity contribution in [2.75, 3.05) is 21.2 Å². The largest absolute Gasteiger partial charge is 0.355 e. The first-order valence-electron chi connectivity index (χ1n) is 4.89. The summed E-state index contributed by atoms with van der Waals surface area (Å²) in [5.74, 6) is -0.400. The van der Waals surface area contributed by atoms with E-state index in [1.54, 1.807) is 0 Å². The second-order valence-corrected chi connectivity index (χ2v) is 5.63. The maximum absolute atomic E-state index is 12.0. The quantitative estimate of drug-likeness (QED) is 0.836. The first-order valence-corrected chi connectivity index (χ1v) is 6.71. The molecular formula is C10H13ClN2O4S. The molecule has 100 valence electrons. The van der Waals surface area contributed by atoms with E-state index in [1.165, 1.54) is 39.4 Å². The average molecular weight is 293 g/mol. The van der Waals surface area contributed by atoms with Gasteiger partial charge in [-0.3, -0.25) is 9.63 Å². The number of hydrogen-bond acceptors (Lipinski definition) is 4. The number of benzene rings is 1. The molecule has 0 saturated carbocycles. The van der Waals surface area contributed by atoms with Crippen LogP contribution < -0.4 is 5.32 Å². The third-order valence-corrected chi connectivity index (χ3v) is 4.46. The minimum absolute atomic E-state index is 0.0200. The van der Waals surface area contributed by atoms with E-state index in [0.29, 0.717) is 4.47 Å². The lowest BCUT2D eigenvalue weighted by atomic mass is 10.2. The van der Waals surface area contributed by atoms with Gasteiger partial charge < -0.3 is 5.32 Å². The molecule has 0 fully saturated rings. The van der Waals surface area contributed by atoms with Crippen LogP contribution in [0.1, 0.15) is 10.4 Å². The standard InChI is InChI=1S/C10H13ClN2O4S/c1-12-10(14)7-4-5-8(11)9(6-7)18(15,16)13(2)17-3/h4-6H,1-3H3,(H,12,14). The van der Waals surface area contributed by atoms with Crippen molar-refractivity contribution in [3.05, 3.63) is 28.8 Å². The molecule has 0 atom stereocenters. The topological polar surface area (TPSA) is 75.7 Å². The average Bonchev–Trinajstić information content (AvgIpc) is 2.36. The fourth-order valence-corrected chi connectivity index (χ4v) is 2.70. The fourth-order valence-electron chi connectivity index (χ4n) is 1.22. The monoisotopic (exact) mass is 292 g/mol. The highest BCUT2D eigenvalue weighted by Gasteiger charge is 2.24. The van der Waals surface area contributed by atoms with Gasteiger partial charge in [-0.05, 0) is 18.2 Å². The van der Waals surface area contributed by atoms with Gasteiger partial charge in [0.2, 0.25) is 0 Å². The first kappa shape index (κ1) is 14.9. The summed E-state index contributed by atoms with van der Waals surface area (Å²) in [6.07, 6.45) is 0. The van der Waals surface area contributed by atoms with Crippen LogP contribution in [0.2, 0.25) is 5.02 Å². The molecule has 1 N–H and O–H groups in total. The molecule has 0 bridgehead atoms. The van der Waals surface area contributed by atoms with Crippen LogP contribution in [-0.2, 0) is 14.9 Å². The summed E-state index contributed by atoms with van der Waals surface area (Å²) in [7, 11) is 0.0167. The molecule has 0 aliphatic carbocycles. The van der Waals surface area contributed by atoms with E-state index in [0.717, 1.165) is 0 Å². The van der Waals surface area contributed by atoms with E-state index in [4.69, 9.17) is 11.6 Å². The highest BCUT2D eigenvalue weighted by Crippen LogP contribution is 2.25. The predicted octanol–water partition coefficient (Wildman–Crippen LogP) is 0.882. The third-order valence-electron chi connectivity index (χ3n) is 2.29. The van der Waals surface area contributed by atoms with Gasteiger partial charge in [-0.25, -0.2) is 8.42 Å². The van der Waals surface area contributed by atoms with Crippen LogP contribution >= 0.6 is 11.6 Å². The van der Waals surface area contributed by atoms with Gasteiger partial charge in [0.15, 0.2) is 0 Å². The van der Waals surface area contributed by atoms with Crippen LogP contribution in [0.4, 0.5) is 0 Å². The van der Waals surface area contributed by atoms with Crippen LogP contribution in [0.15, 0.2) is 23.1 Å². The summed E-state index contributed by atoms with van der Waals surface area (Å²) >= 11 is 5.84. The van der Waals surface area contributed by atoms with Gasteiger partial charge in [0.1, 0.15) is 4.90 Å². The summed E-state index contributed by atoms with van der Waals surface area (Å²) in [5, 5.41) is 2.42. The maximum Gasteiger partial charge on any atom is 0.266 e. The van der Waals surface area contributed by atoms with Crippen molar-refractivity contribution in [1.82, 2.24) is 9.79 Å². The Morgan fingerprint density at radius 2 is 2.06 bits per heavy atom. The molecule has 0 aliphatic rings. The Morgan fingerprint density at radius 3 is 2.56 bits per heavy atom. The first-order chi connectivity index (χ1) is 8.34. The Morgan fingerprint density at radius 1 is 1.44 bits per heavy atom. The molecule has 0 radical (unpaired) electrons. The summed E-state index contributed by atoms with van der Waals surface area (Å²) in [5.41, 5.74) is 0.199. The molecule has 1 aromatic rings. The van der Waals surface area contributed by atoms with E-state index in [-0.39, 0.29) is 15.5 Å². The lowest BCUT2D eigenvalue weighted by Gasteiger charge is -2.15. The highest BCUT2D eigenvalue weighted by atomic mass is 35.5. The molecule has 0 saturated heterocycles. The zero-order chi connectivity index (χ0) is 13.9. The molecular weight excluding hydrogens is 280 g/mol. The fraction of sp³-hybridized carbons (Fsp3) is 0.300. The Kier molecular flexibility index (Phi) is 4.69. The molecule has 1 aromatic carbocycles. The number of sulfonamides is 1. The van der Waals surface area contributed by atoms with Crippen LogP contribution in [0.5, 0.6) is 0 Å². The molecule has 0 heterocycles. The maximum atomic E-state index is 12.0. The van der Waals surface area contributed by atoms with E-state index in [1.807, 2.05) is 0 Å². The Balaban J connectivity index is 3.37. The van der Waals surface area contributed by atoms with Crippen molar-refractivity contribution < 1.29 is 18.0 Å². The number of halogens is 1. The van der Waals surface area contributed by atoms with Gasteiger partial charge in [-0.2, -0.15) is 0 Å². The van der Waals surface area contributed by atoms with Crippen LogP contribution in [0.3, 0.4) is 0 Å². The molecule has 18 heavy (non-hydrogen) atoms. The van der Waals surface area contributed by atoms with E-state index < -0.39 is 15.9 Å². The van der Waals surface area contributed by atoms with Crippen LogP contribution in [0, 0.1) is 0 Å². The van der Waals surface area contributed by atoms with Gasteiger partial charge in [0.05, 0.1) is 12.1 Å². The second kappa shape index (κ2) is 5.66. The SMILES string of the molecule is CNC(=O)c1ccc(Cl)c(S(=O)(=O)N(C)OC)c1. The van der Waals surface area contributed by atoms with E-state index >= 15 is 0 Å². The molecule has 0 aliphatic heterocycles. The molecule has 0 aromatic heterocycles. The number of carbonyl (C=O) groups excluding carboxylic acids is 1. The van der Waals surface area contributed by atoms with Gasteiger partial charge in [0, 0.05) is 19.7 Å². The molecule has 8 heteroatoms. The predicted molar refractivity (Wildman–Crippen MR) is 66.8 cm³/mol. The van der Waals surface area contributed by atoms with Crippen molar-refractivity contribution in [3.63, 3.8) is 0 Å². The molecule has 1 amide bonds. The smallest absolute Gasteiger partial charge is 0.266 e. The zero-order valence-corrected chi connectivity index (χ0v) is 11.7. The number of nitrogens with zero attached hydrogens (tertiary/aromatic N) is 1. The molecule has 1 rings (SSSR count). The summed E-state index contributed by atoms with van der Waals surface area (Å²) in [6, 6.07) is 3.99. The summed E-state index contributed by atoms with van der Waals surface area (Å²) in [4.78, 5) is 15.9. The number of rotatable bonds is 4. The van der Waals surface area contributed by atoms with Crippen molar-refractivity contribution in [1.29, 1.82) is 0 Å². The Labute approximate surface area is 110 Å². The molecule has 0 spiro atoms. The second-order valence-electron chi connectivity index (χ2n) is 3.32. The van der Waals surface area contributed by atoms with Crippen molar-refractivity contribution in [3.8, 4) is 0 Å². The number of hydrogen-bond donors (Lipinski definition) is 1. The minimum atomic E-state index is -3.88. The lowest BCUT2D eigenvalue weighted by Crippen LogP contribution is -2.26. The number of hydroxylamine groups is 1. The lowest BCUT2D eigenvalue weighted by molar-refractivity contribution is -0.0258.